The van der Waals surface area contributed by atoms with Crippen LogP contribution in [0.4, 0.5) is 4.39 Å². The van der Waals surface area contributed by atoms with E-state index in [-0.39, 0.29) is 11.0 Å². The van der Waals surface area contributed by atoms with Gasteiger partial charge in [-0.2, -0.15) is 9.38 Å². The Morgan fingerprint density at radius 1 is 1.46 bits per heavy atom. The molecule has 1 amide bonds. The number of aromatic nitrogens is 2. The maximum atomic E-state index is 13.7. The number of carbonyl (C=O) groups excluding carboxylic acids is 1. The smallest absolute Gasteiger partial charge is 0.284 e. The molecule has 24 heavy (non-hydrogen) atoms. The van der Waals surface area contributed by atoms with Gasteiger partial charge in [-0.1, -0.05) is 20.8 Å². The molecule has 0 bridgehead atoms. The summed E-state index contributed by atoms with van der Waals surface area (Å²) in [5.74, 6) is -0.688. The predicted molar refractivity (Wildman–Crippen MR) is 92.6 cm³/mol. The predicted octanol–water partition coefficient (Wildman–Crippen LogP) is 3.84. The van der Waals surface area contributed by atoms with Gasteiger partial charge in [-0.15, -0.1) is 11.3 Å². The Balaban J connectivity index is 2.08. The number of amides is 1. The number of carbonyl (C=O) groups is 1. The second-order valence-corrected chi connectivity index (χ2v) is 8.34. The summed E-state index contributed by atoms with van der Waals surface area (Å²) in [6.07, 6.45) is 3.77. The molecule has 2 aromatic rings. The first kappa shape index (κ1) is 17.0. The van der Waals surface area contributed by atoms with E-state index in [0.29, 0.717) is 10.7 Å². The molecular formula is C18H22FN3OS. The Morgan fingerprint density at radius 2 is 2.17 bits per heavy atom. The molecule has 0 saturated heterocycles. The van der Waals surface area contributed by atoms with Gasteiger partial charge in [0.2, 0.25) is 5.95 Å². The molecule has 128 valence electrons. The number of hydrogen-bond donors (Lipinski definition) is 0. The van der Waals surface area contributed by atoms with Crippen LogP contribution in [0.3, 0.4) is 0 Å². The van der Waals surface area contributed by atoms with Crippen molar-refractivity contribution in [3.63, 3.8) is 0 Å². The third-order valence-electron chi connectivity index (χ3n) is 4.16. The molecule has 6 heteroatoms. The zero-order chi connectivity index (χ0) is 17.5. The average Bonchev–Trinajstić information content (AvgIpc) is 3.26. The minimum atomic E-state index is -0.774. The quantitative estimate of drug-likeness (QED) is 0.792. The van der Waals surface area contributed by atoms with Crippen molar-refractivity contribution in [2.24, 2.45) is 10.9 Å². The molecule has 0 N–H and O–H groups in total. The van der Waals surface area contributed by atoms with Gasteiger partial charge in [0, 0.05) is 23.3 Å². The number of nitrogens with zero attached hydrogens (tertiary/aromatic N) is 3. The average molecular weight is 347 g/mol. The maximum absolute atomic E-state index is 13.7. The van der Waals surface area contributed by atoms with E-state index in [1.165, 1.54) is 41.3 Å². The van der Waals surface area contributed by atoms with Crippen LogP contribution in [0.25, 0.3) is 0 Å². The van der Waals surface area contributed by atoms with Crippen molar-refractivity contribution < 1.29 is 9.18 Å². The van der Waals surface area contributed by atoms with E-state index in [4.69, 9.17) is 0 Å². The third-order valence-corrected chi connectivity index (χ3v) is 5.77. The Kier molecular flexibility index (Phi) is 4.42. The van der Waals surface area contributed by atoms with Gasteiger partial charge in [-0.25, -0.2) is 4.98 Å². The number of pyridine rings is 1. The lowest BCUT2D eigenvalue weighted by Gasteiger charge is -2.17. The van der Waals surface area contributed by atoms with E-state index in [0.717, 1.165) is 12.2 Å². The number of rotatable bonds is 3. The molecule has 0 aromatic carbocycles. The van der Waals surface area contributed by atoms with Crippen LogP contribution in [0.2, 0.25) is 0 Å². The summed E-state index contributed by atoms with van der Waals surface area (Å²) in [6, 6.07) is 2.97. The fourth-order valence-corrected chi connectivity index (χ4v) is 3.93. The Bertz CT molecular complexity index is 841. The van der Waals surface area contributed by atoms with E-state index in [1.807, 2.05) is 0 Å². The highest BCUT2D eigenvalue weighted by atomic mass is 32.1. The number of halogens is 1. The van der Waals surface area contributed by atoms with E-state index < -0.39 is 11.9 Å². The Hall–Kier alpha value is -1.82. The number of thiazole rings is 1. The second-order valence-electron chi connectivity index (χ2n) is 7.36. The van der Waals surface area contributed by atoms with Crippen molar-refractivity contribution in [1.82, 2.24) is 9.55 Å². The molecule has 2 aromatic heterocycles. The lowest BCUT2D eigenvalue weighted by molar-refractivity contribution is 0.0993. The summed E-state index contributed by atoms with van der Waals surface area (Å²) in [4.78, 5) is 22.0. The van der Waals surface area contributed by atoms with Gasteiger partial charge in [0.1, 0.15) is 0 Å². The molecule has 1 saturated carbocycles. The van der Waals surface area contributed by atoms with Crippen LogP contribution in [0.15, 0.2) is 23.3 Å². The fourth-order valence-electron chi connectivity index (χ4n) is 2.73. The van der Waals surface area contributed by atoms with Crippen molar-refractivity contribution in [3.8, 4) is 0 Å². The molecule has 2 heterocycles. The fraction of sp³-hybridized carbons (Fsp3) is 0.500. The van der Waals surface area contributed by atoms with Crippen molar-refractivity contribution in [1.29, 1.82) is 0 Å². The standard InChI is InChI=1S/C18H22FN3OS/c1-11-14(18(2,3)4)24-17(22(11)10-12-7-8-12)21-16(23)13-6-5-9-20-15(13)19/h5-6,9,12H,7-8,10H2,1-4H3/b21-17+. The lowest BCUT2D eigenvalue weighted by atomic mass is 9.93. The summed E-state index contributed by atoms with van der Waals surface area (Å²) in [5, 5.41) is 0. The highest BCUT2D eigenvalue weighted by Gasteiger charge is 2.27. The first-order chi connectivity index (χ1) is 11.3. The van der Waals surface area contributed by atoms with Gasteiger partial charge in [0.05, 0.1) is 5.56 Å². The molecule has 0 atom stereocenters. The van der Waals surface area contributed by atoms with Crippen LogP contribution >= 0.6 is 11.3 Å². The van der Waals surface area contributed by atoms with Crippen LogP contribution in [-0.2, 0) is 12.0 Å². The zero-order valence-corrected chi connectivity index (χ0v) is 15.3. The minimum Gasteiger partial charge on any atom is -0.320 e. The molecule has 4 nitrogen and oxygen atoms in total. The Labute approximate surface area is 145 Å². The van der Waals surface area contributed by atoms with Crippen molar-refractivity contribution in [3.05, 3.63) is 45.2 Å². The van der Waals surface area contributed by atoms with Crippen LogP contribution in [0.1, 0.15) is 54.5 Å². The van der Waals surface area contributed by atoms with E-state index in [9.17, 15) is 9.18 Å². The molecule has 0 aliphatic heterocycles. The van der Waals surface area contributed by atoms with Gasteiger partial charge in [0.15, 0.2) is 4.80 Å². The molecular weight excluding hydrogens is 325 g/mol. The molecule has 0 radical (unpaired) electrons. The van der Waals surface area contributed by atoms with Crippen molar-refractivity contribution >= 4 is 17.2 Å². The van der Waals surface area contributed by atoms with Crippen molar-refractivity contribution in [2.75, 3.05) is 0 Å². The topological polar surface area (TPSA) is 47.2 Å². The van der Waals surface area contributed by atoms with Gasteiger partial charge in [-0.05, 0) is 43.2 Å². The van der Waals surface area contributed by atoms with Crippen LogP contribution in [0, 0.1) is 18.8 Å². The summed E-state index contributed by atoms with van der Waals surface area (Å²) in [6.45, 7) is 9.41. The third kappa shape index (κ3) is 3.48. The van der Waals surface area contributed by atoms with Gasteiger partial charge < -0.3 is 4.57 Å². The second kappa shape index (κ2) is 6.24. The lowest BCUT2D eigenvalue weighted by Crippen LogP contribution is -2.20. The zero-order valence-electron chi connectivity index (χ0n) is 14.5. The van der Waals surface area contributed by atoms with Crippen molar-refractivity contribution in [2.45, 2.75) is 52.5 Å². The van der Waals surface area contributed by atoms with Gasteiger partial charge in [-0.3, -0.25) is 4.79 Å². The largest absolute Gasteiger partial charge is 0.320 e. The SMILES string of the molecule is Cc1c(C(C)(C)C)s/c(=N/C(=O)c2cccnc2F)n1CC1CC1. The summed E-state index contributed by atoms with van der Waals surface area (Å²) >= 11 is 1.52. The van der Waals surface area contributed by atoms with Crippen LogP contribution < -0.4 is 4.80 Å². The monoisotopic (exact) mass is 347 g/mol. The van der Waals surface area contributed by atoms with Crippen LogP contribution in [-0.4, -0.2) is 15.5 Å². The molecule has 0 unspecified atom stereocenters. The minimum absolute atomic E-state index is 0.0174. The summed E-state index contributed by atoms with van der Waals surface area (Å²) in [7, 11) is 0. The molecule has 3 rings (SSSR count). The van der Waals surface area contributed by atoms with Gasteiger partial charge in [0.25, 0.3) is 5.91 Å². The van der Waals surface area contributed by atoms with E-state index >= 15 is 0 Å². The van der Waals surface area contributed by atoms with E-state index in [2.05, 4.69) is 42.2 Å². The highest BCUT2D eigenvalue weighted by Crippen LogP contribution is 2.33. The molecule has 1 aliphatic rings. The maximum Gasteiger partial charge on any atom is 0.284 e. The summed E-state index contributed by atoms with van der Waals surface area (Å²) < 4.78 is 15.9. The molecule has 1 aliphatic carbocycles. The van der Waals surface area contributed by atoms with Crippen LogP contribution in [0.5, 0.6) is 0 Å². The summed E-state index contributed by atoms with van der Waals surface area (Å²) in [5.41, 5.74) is 1.05. The normalized spacial score (nSPS) is 15.8. The Morgan fingerprint density at radius 3 is 2.75 bits per heavy atom. The number of hydrogen-bond acceptors (Lipinski definition) is 3. The molecule has 0 spiro atoms. The van der Waals surface area contributed by atoms with E-state index in [1.54, 1.807) is 6.07 Å². The first-order valence-electron chi connectivity index (χ1n) is 8.17. The molecule has 1 fully saturated rings. The first-order valence-corrected chi connectivity index (χ1v) is 8.99. The highest BCUT2D eigenvalue weighted by molar-refractivity contribution is 7.09. The van der Waals surface area contributed by atoms with Gasteiger partial charge >= 0.3 is 0 Å².